The Morgan fingerprint density at radius 3 is 2.35 bits per heavy atom. The summed E-state index contributed by atoms with van der Waals surface area (Å²) in [6, 6.07) is 14.5. The maximum absolute atomic E-state index is 11.4. The van der Waals surface area contributed by atoms with Gasteiger partial charge in [-0.05, 0) is 16.3 Å². The monoisotopic (exact) mass is 269 g/mol. The number of benzene rings is 2. The van der Waals surface area contributed by atoms with Gasteiger partial charge in [-0.3, -0.25) is 9.59 Å². The molecule has 1 amide bonds. The van der Waals surface area contributed by atoms with E-state index < -0.39 is 11.7 Å². The van der Waals surface area contributed by atoms with Crippen molar-refractivity contribution in [3.8, 4) is 0 Å². The Labute approximate surface area is 119 Å². The minimum absolute atomic E-state index is 0.227. The van der Waals surface area contributed by atoms with Crippen molar-refractivity contribution in [3.63, 3.8) is 0 Å². The lowest BCUT2D eigenvalue weighted by atomic mass is 9.83. The number of rotatable bonds is 4. The molecule has 1 N–H and O–H groups in total. The lowest BCUT2D eigenvalue weighted by Gasteiger charge is -2.25. The molecule has 3 heteroatoms. The fourth-order valence-corrected chi connectivity index (χ4v) is 2.14. The van der Waals surface area contributed by atoms with E-state index in [9.17, 15) is 9.59 Å². The summed E-state index contributed by atoms with van der Waals surface area (Å²) in [5.41, 5.74) is 0.912. The Hall–Kier alpha value is -2.16. The van der Waals surface area contributed by atoms with E-state index in [2.05, 4.69) is 49.5 Å². The normalized spacial score (nSPS) is 11.3. The van der Waals surface area contributed by atoms with Gasteiger partial charge in [0.2, 0.25) is 5.78 Å². The first-order chi connectivity index (χ1) is 9.40. The van der Waals surface area contributed by atoms with Gasteiger partial charge in [-0.15, -0.1) is 0 Å². The first-order valence-corrected chi connectivity index (χ1v) is 6.68. The molecule has 0 bridgehead atoms. The lowest BCUT2D eigenvalue weighted by Crippen LogP contribution is -2.39. The zero-order valence-corrected chi connectivity index (χ0v) is 12.1. The number of hydrogen-bond acceptors (Lipinski definition) is 2. The van der Waals surface area contributed by atoms with Crippen molar-refractivity contribution < 1.29 is 9.59 Å². The highest BCUT2D eigenvalue weighted by atomic mass is 16.2. The van der Waals surface area contributed by atoms with Crippen LogP contribution in [0.2, 0.25) is 0 Å². The summed E-state index contributed by atoms with van der Waals surface area (Å²) in [5.74, 6) is -0.988. The molecule has 2 aromatic carbocycles. The molecular weight excluding hydrogens is 250 g/mol. The summed E-state index contributed by atoms with van der Waals surface area (Å²) in [6.45, 7) is 5.82. The molecule has 0 aliphatic rings. The van der Waals surface area contributed by atoms with Crippen LogP contribution in [-0.4, -0.2) is 18.2 Å². The molecule has 0 saturated carbocycles. The molecule has 20 heavy (non-hydrogen) atoms. The summed E-state index contributed by atoms with van der Waals surface area (Å²) in [6.07, 6.45) is 0. The van der Waals surface area contributed by atoms with Gasteiger partial charge in [0, 0.05) is 18.9 Å². The Morgan fingerprint density at radius 1 is 1.05 bits per heavy atom. The van der Waals surface area contributed by atoms with Crippen LogP contribution in [0.25, 0.3) is 10.8 Å². The SMILES string of the molecule is CC(=O)C(=O)NCC(C)(C)c1ccc2ccccc2c1. The molecule has 0 spiro atoms. The molecule has 0 radical (unpaired) electrons. The van der Waals surface area contributed by atoms with Crippen molar-refractivity contribution >= 4 is 22.5 Å². The van der Waals surface area contributed by atoms with Crippen LogP contribution in [0.5, 0.6) is 0 Å². The fourth-order valence-electron chi connectivity index (χ4n) is 2.14. The van der Waals surface area contributed by atoms with Crippen molar-refractivity contribution in [2.24, 2.45) is 0 Å². The smallest absolute Gasteiger partial charge is 0.287 e. The molecule has 0 fully saturated rings. The Kier molecular flexibility index (Phi) is 3.89. The van der Waals surface area contributed by atoms with E-state index in [4.69, 9.17) is 0 Å². The number of amides is 1. The van der Waals surface area contributed by atoms with Crippen molar-refractivity contribution in [2.75, 3.05) is 6.54 Å². The van der Waals surface area contributed by atoms with Crippen LogP contribution >= 0.6 is 0 Å². The number of nitrogens with one attached hydrogen (secondary N) is 1. The van der Waals surface area contributed by atoms with E-state index in [0.29, 0.717) is 6.54 Å². The minimum atomic E-state index is -0.529. The van der Waals surface area contributed by atoms with Crippen LogP contribution in [0.4, 0.5) is 0 Å². The van der Waals surface area contributed by atoms with E-state index >= 15 is 0 Å². The molecule has 0 atom stereocenters. The molecule has 0 aromatic heterocycles. The van der Waals surface area contributed by atoms with Gasteiger partial charge < -0.3 is 5.32 Å². The van der Waals surface area contributed by atoms with Gasteiger partial charge in [0.05, 0.1) is 0 Å². The number of carbonyl (C=O) groups excluding carboxylic acids is 2. The van der Waals surface area contributed by atoms with Crippen LogP contribution < -0.4 is 5.32 Å². The van der Waals surface area contributed by atoms with E-state index in [1.807, 2.05) is 12.1 Å². The molecule has 104 valence electrons. The second-order valence-corrected chi connectivity index (χ2v) is 5.68. The van der Waals surface area contributed by atoms with E-state index in [0.717, 1.165) is 5.56 Å². The molecule has 0 heterocycles. The van der Waals surface area contributed by atoms with Gasteiger partial charge in [-0.25, -0.2) is 0 Å². The molecule has 0 unspecified atom stereocenters. The number of carbonyl (C=O) groups is 2. The summed E-state index contributed by atoms with van der Waals surface area (Å²) >= 11 is 0. The first-order valence-electron chi connectivity index (χ1n) is 6.68. The third kappa shape index (κ3) is 3.05. The zero-order valence-electron chi connectivity index (χ0n) is 12.1. The first kappa shape index (κ1) is 14.3. The predicted octanol–water partition coefficient (Wildman–Crippen LogP) is 2.82. The summed E-state index contributed by atoms with van der Waals surface area (Å²) in [4.78, 5) is 22.3. The highest BCUT2D eigenvalue weighted by molar-refractivity contribution is 6.35. The molecule has 3 nitrogen and oxygen atoms in total. The Balaban J connectivity index is 2.22. The lowest BCUT2D eigenvalue weighted by molar-refractivity contribution is -0.136. The fraction of sp³-hybridized carbons (Fsp3) is 0.294. The van der Waals surface area contributed by atoms with Crippen molar-refractivity contribution in [3.05, 3.63) is 48.0 Å². The molecule has 2 aromatic rings. The van der Waals surface area contributed by atoms with Gasteiger partial charge >= 0.3 is 0 Å². The highest BCUT2D eigenvalue weighted by Crippen LogP contribution is 2.26. The quantitative estimate of drug-likeness (QED) is 0.868. The molecule has 0 saturated heterocycles. The van der Waals surface area contributed by atoms with Crippen molar-refractivity contribution in [1.29, 1.82) is 0 Å². The maximum atomic E-state index is 11.4. The van der Waals surface area contributed by atoms with Crippen LogP contribution in [-0.2, 0) is 15.0 Å². The number of fused-ring (bicyclic) bond motifs is 1. The summed E-state index contributed by atoms with van der Waals surface area (Å²) in [5, 5.41) is 5.05. The Morgan fingerprint density at radius 2 is 1.70 bits per heavy atom. The average Bonchev–Trinajstić information content (AvgIpc) is 2.44. The maximum Gasteiger partial charge on any atom is 0.287 e. The molecule has 0 aliphatic carbocycles. The van der Waals surface area contributed by atoms with Crippen LogP contribution in [0, 0.1) is 0 Å². The molecule has 2 rings (SSSR count). The highest BCUT2D eigenvalue weighted by Gasteiger charge is 2.22. The standard InChI is InChI=1S/C17H19NO2/c1-12(19)16(20)18-11-17(2,3)15-9-8-13-6-4-5-7-14(13)10-15/h4-10H,11H2,1-3H3,(H,18,20). The number of Topliss-reactive ketones (excluding diaryl/α,β-unsaturated/α-hetero) is 1. The van der Waals surface area contributed by atoms with Gasteiger partial charge in [0.25, 0.3) is 5.91 Å². The van der Waals surface area contributed by atoms with Gasteiger partial charge in [0.15, 0.2) is 0 Å². The topological polar surface area (TPSA) is 46.2 Å². The third-order valence-electron chi connectivity index (χ3n) is 3.54. The zero-order chi connectivity index (χ0) is 14.8. The van der Waals surface area contributed by atoms with Crippen molar-refractivity contribution in [2.45, 2.75) is 26.2 Å². The average molecular weight is 269 g/mol. The minimum Gasteiger partial charge on any atom is -0.349 e. The van der Waals surface area contributed by atoms with E-state index in [1.165, 1.54) is 17.7 Å². The van der Waals surface area contributed by atoms with E-state index in [1.54, 1.807) is 0 Å². The second kappa shape index (κ2) is 5.45. The van der Waals surface area contributed by atoms with Gasteiger partial charge in [0.1, 0.15) is 0 Å². The van der Waals surface area contributed by atoms with Gasteiger partial charge in [-0.2, -0.15) is 0 Å². The Bertz CT molecular complexity index is 659. The number of hydrogen-bond donors (Lipinski definition) is 1. The van der Waals surface area contributed by atoms with Gasteiger partial charge in [-0.1, -0.05) is 56.3 Å². The largest absolute Gasteiger partial charge is 0.349 e. The van der Waals surface area contributed by atoms with Crippen LogP contribution in [0.3, 0.4) is 0 Å². The third-order valence-corrected chi connectivity index (χ3v) is 3.54. The molecule has 0 aliphatic heterocycles. The van der Waals surface area contributed by atoms with Crippen LogP contribution in [0.1, 0.15) is 26.3 Å². The van der Waals surface area contributed by atoms with E-state index in [-0.39, 0.29) is 5.41 Å². The van der Waals surface area contributed by atoms with Crippen LogP contribution in [0.15, 0.2) is 42.5 Å². The summed E-state index contributed by atoms with van der Waals surface area (Å²) in [7, 11) is 0. The number of ketones is 1. The summed E-state index contributed by atoms with van der Waals surface area (Å²) < 4.78 is 0. The predicted molar refractivity (Wildman–Crippen MR) is 80.7 cm³/mol. The van der Waals surface area contributed by atoms with Crippen molar-refractivity contribution in [1.82, 2.24) is 5.32 Å². The molecular formula is C17H19NO2. The second-order valence-electron chi connectivity index (χ2n) is 5.68.